The predicted molar refractivity (Wildman–Crippen MR) is 61.5 cm³/mol. The summed E-state index contributed by atoms with van der Waals surface area (Å²) in [7, 11) is 0. The van der Waals surface area contributed by atoms with Gasteiger partial charge in [0.05, 0.1) is 13.2 Å². The molecule has 1 aliphatic rings. The number of carboxylic acid groups (broad SMARTS) is 1. The molecule has 0 aromatic carbocycles. The molecule has 2 heterocycles. The lowest BCUT2D eigenvalue weighted by atomic mass is 10.2. The minimum atomic E-state index is -4.85. The second-order valence-electron chi connectivity index (χ2n) is 4.48. The van der Waals surface area contributed by atoms with E-state index in [0.717, 1.165) is 12.8 Å². The molecule has 1 aliphatic heterocycles. The molecule has 10 heteroatoms. The third-order valence-electron chi connectivity index (χ3n) is 2.95. The van der Waals surface area contributed by atoms with Gasteiger partial charge in [-0.05, 0) is 19.3 Å². The molecule has 0 amide bonds. The fourth-order valence-electron chi connectivity index (χ4n) is 2.01. The summed E-state index contributed by atoms with van der Waals surface area (Å²) in [5.74, 6) is -1.77. The van der Waals surface area contributed by atoms with E-state index in [1.165, 1.54) is 0 Å². The van der Waals surface area contributed by atoms with Gasteiger partial charge in [-0.25, -0.2) is 9.48 Å². The van der Waals surface area contributed by atoms with E-state index in [4.69, 9.17) is 14.6 Å². The molecule has 0 spiro atoms. The van der Waals surface area contributed by atoms with Crippen LogP contribution in [-0.4, -0.2) is 45.6 Å². The number of carbonyl (C=O) groups is 1. The number of aromatic nitrogens is 3. The Bertz CT molecular complexity index is 497. The maximum Gasteiger partial charge on any atom is 0.435 e. The van der Waals surface area contributed by atoms with Crippen molar-refractivity contribution in [3.8, 4) is 0 Å². The van der Waals surface area contributed by atoms with Gasteiger partial charge < -0.3 is 14.6 Å². The van der Waals surface area contributed by atoms with E-state index in [-0.39, 0.29) is 13.2 Å². The highest BCUT2D eigenvalue weighted by Gasteiger charge is 2.41. The van der Waals surface area contributed by atoms with Gasteiger partial charge in [0.15, 0.2) is 12.0 Å². The molecule has 1 aromatic heterocycles. The van der Waals surface area contributed by atoms with Gasteiger partial charge in [-0.1, -0.05) is 5.21 Å². The van der Waals surface area contributed by atoms with Crippen molar-refractivity contribution in [3.63, 3.8) is 0 Å². The summed E-state index contributed by atoms with van der Waals surface area (Å²) in [5.41, 5.74) is -2.50. The molecule has 0 radical (unpaired) electrons. The average Bonchev–Trinajstić information content (AvgIpc) is 2.84. The summed E-state index contributed by atoms with van der Waals surface area (Å²) in [5, 5.41) is 15.0. The van der Waals surface area contributed by atoms with Gasteiger partial charge in [-0.15, -0.1) is 5.10 Å². The lowest BCUT2D eigenvalue weighted by Gasteiger charge is -2.22. The van der Waals surface area contributed by atoms with Crippen LogP contribution in [0.4, 0.5) is 13.2 Å². The van der Waals surface area contributed by atoms with Crippen molar-refractivity contribution in [2.45, 2.75) is 38.3 Å². The van der Waals surface area contributed by atoms with Crippen LogP contribution in [0.5, 0.6) is 0 Å². The van der Waals surface area contributed by atoms with Gasteiger partial charge in [0.2, 0.25) is 5.69 Å². The van der Waals surface area contributed by atoms with Crippen LogP contribution < -0.4 is 0 Å². The zero-order valence-electron chi connectivity index (χ0n) is 11.0. The van der Waals surface area contributed by atoms with Gasteiger partial charge in [0.1, 0.15) is 0 Å². The highest BCUT2D eigenvalue weighted by atomic mass is 19.4. The number of carboxylic acids is 1. The van der Waals surface area contributed by atoms with Crippen molar-refractivity contribution in [1.82, 2.24) is 15.0 Å². The number of rotatable bonds is 5. The Hall–Kier alpha value is -1.68. The largest absolute Gasteiger partial charge is 0.476 e. The van der Waals surface area contributed by atoms with E-state index in [1.807, 2.05) is 0 Å². The topological polar surface area (TPSA) is 86.5 Å². The van der Waals surface area contributed by atoms with Gasteiger partial charge >= 0.3 is 12.1 Å². The lowest BCUT2D eigenvalue weighted by Crippen LogP contribution is -2.25. The third-order valence-corrected chi connectivity index (χ3v) is 2.95. The van der Waals surface area contributed by atoms with Crippen LogP contribution in [0.3, 0.4) is 0 Å². The van der Waals surface area contributed by atoms with Crippen molar-refractivity contribution in [2.75, 3.05) is 13.2 Å². The Morgan fingerprint density at radius 2 is 2.24 bits per heavy atom. The minimum Gasteiger partial charge on any atom is -0.476 e. The second-order valence-corrected chi connectivity index (χ2v) is 4.48. The monoisotopic (exact) mass is 309 g/mol. The predicted octanol–water partition coefficient (Wildman–Crippen LogP) is 1.54. The maximum absolute atomic E-state index is 12.9. The summed E-state index contributed by atoms with van der Waals surface area (Å²) in [6, 6.07) is 0. The summed E-state index contributed by atoms with van der Waals surface area (Å²) in [6.45, 7) is 0.232. The van der Waals surface area contributed by atoms with Crippen molar-refractivity contribution in [2.24, 2.45) is 0 Å². The standard InChI is InChI=1S/C11H14F3N3O4/c12-11(13,14)9-8(10(18)19)15-16-17(9)4-6-21-7-3-1-2-5-20-7/h7H,1-6H2,(H,18,19). The zero-order valence-corrected chi connectivity index (χ0v) is 11.0. The Kier molecular flexibility index (Phi) is 4.78. The van der Waals surface area contributed by atoms with Gasteiger partial charge in [-0.3, -0.25) is 0 Å². The molecule has 1 N–H and O–H groups in total. The number of nitrogens with zero attached hydrogens (tertiary/aromatic N) is 3. The van der Waals surface area contributed by atoms with Gasteiger partial charge in [0, 0.05) is 6.61 Å². The molecule has 1 saturated heterocycles. The van der Waals surface area contributed by atoms with Crippen LogP contribution in [0.2, 0.25) is 0 Å². The highest BCUT2D eigenvalue weighted by Crippen LogP contribution is 2.31. The summed E-state index contributed by atoms with van der Waals surface area (Å²) in [6.07, 6.45) is -2.73. The molecule has 0 bridgehead atoms. The van der Waals surface area contributed by atoms with E-state index in [2.05, 4.69) is 10.3 Å². The fourth-order valence-corrected chi connectivity index (χ4v) is 2.01. The first-order chi connectivity index (χ1) is 9.89. The molecule has 1 unspecified atom stereocenters. The van der Waals surface area contributed by atoms with Crippen LogP contribution in [0.25, 0.3) is 0 Å². The molecular formula is C11H14F3N3O4. The minimum absolute atomic E-state index is 0.0732. The SMILES string of the molecule is O=C(O)c1nnn(CCOC2CCCCO2)c1C(F)(F)F. The molecule has 1 aromatic rings. The zero-order chi connectivity index (χ0) is 15.5. The third kappa shape index (κ3) is 3.91. The Morgan fingerprint density at radius 1 is 1.48 bits per heavy atom. The molecule has 1 atom stereocenters. The number of alkyl halides is 3. The number of halogens is 3. The first kappa shape index (κ1) is 15.7. The number of ether oxygens (including phenoxy) is 2. The normalized spacial score (nSPS) is 19.7. The Labute approximate surface area is 117 Å². The van der Waals surface area contributed by atoms with Crippen LogP contribution in [0.15, 0.2) is 0 Å². The second kappa shape index (κ2) is 6.39. The van der Waals surface area contributed by atoms with E-state index >= 15 is 0 Å². The molecule has 2 rings (SSSR count). The quantitative estimate of drug-likeness (QED) is 0.888. The first-order valence-corrected chi connectivity index (χ1v) is 6.37. The van der Waals surface area contributed by atoms with Gasteiger partial charge in [0.25, 0.3) is 0 Å². The molecule has 7 nitrogen and oxygen atoms in total. The average molecular weight is 309 g/mol. The van der Waals surface area contributed by atoms with Gasteiger partial charge in [-0.2, -0.15) is 13.2 Å². The van der Waals surface area contributed by atoms with Crippen molar-refractivity contribution in [1.29, 1.82) is 0 Å². The van der Waals surface area contributed by atoms with Crippen molar-refractivity contribution >= 4 is 5.97 Å². The molecule has 21 heavy (non-hydrogen) atoms. The van der Waals surface area contributed by atoms with Crippen LogP contribution >= 0.6 is 0 Å². The molecule has 118 valence electrons. The van der Waals surface area contributed by atoms with Crippen LogP contribution in [0, 0.1) is 0 Å². The van der Waals surface area contributed by atoms with E-state index in [9.17, 15) is 18.0 Å². The van der Waals surface area contributed by atoms with Crippen molar-refractivity contribution in [3.05, 3.63) is 11.4 Å². The van der Waals surface area contributed by atoms with Crippen LogP contribution in [0.1, 0.15) is 35.4 Å². The van der Waals surface area contributed by atoms with Crippen LogP contribution in [-0.2, 0) is 22.2 Å². The Balaban J connectivity index is 2.01. The fraction of sp³-hybridized carbons (Fsp3) is 0.727. The van der Waals surface area contributed by atoms with Crippen molar-refractivity contribution < 1.29 is 32.5 Å². The smallest absolute Gasteiger partial charge is 0.435 e. The highest BCUT2D eigenvalue weighted by molar-refractivity contribution is 5.86. The van der Waals surface area contributed by atoms with E-state index in [1.54, 1.807) is 0 Å². The molecule has 1 fully saturated rings. The number of hydrogen-bond acceptors (Lipinski definition) is 5. The number of hydrogen-bond donors (Lipinski definition) is 1. The summed E-state index contributed by atoms with van der Waals surface area (Å²) >= 11 is 0. The summed E-state index contributed by atoms with van der Waals surface area (Å²) in [4.78, 5) is 10.7. The molecular weight excluding hydrogens is 295 g/mol. The molecule has 0 saturated carbocycles. The van der Waals surface area contributed by atoms with E-state index < -0.39 is 29.8 Å². The molecule has 0 aliphatic carbocycles. The maximum atomic E-state index is 12.9. The summed E-state index contributed by atoms with van der Waals surface area (Å²) < 4.78 is 49.6. The number of aromatic carboxylic acids is 1. The Morgan fingerprint density at radius 3 is 2.81 bits per heavy atom. The lowest BCUT2D eigenvalue weighted by molar-refractivity contribution is -0.166. The first-order valence-electron chi connectivity index (χ1n) is 6.37. The van der Waals surface area contributed by atoms with E-state index in [0.29, 0.717) is 17.7 Å².